The highest BCUT2D eigenvalue weighted by atomic mass is 32.1. The van der Waals surface area contributed by atoms with E-state index in [1.54, 1.807) is 0 Å². The normalized spacial score (nSPS) is 19.4. The summed E-state index contributed by atoms with van der Waals surface area (Å²) in [6.45, 7) is 4.72. The molecule has 17 heavy (non-hydrogen) atoms. The van der Waals surface area contributed by atoms with Crippen LogP contribution in [0.2, 0.25) is 0 Å². The number of rotatable bonds is 4. The molecular formula is C15H17NS. The summed E-state index contributed by atoms with van der Waals surface area (Å²) in [5, 5.41) is 0. The molecule has 0 spiro atoms. The molecule has 0 radical (unpaired) electrons. The molecule has 0 aromatic heterocycles. The maximum absolute atomic E-state index is 5.42. The lowest BCUT2D eigenvalue weighted by Crippen LogP contribution is -2.39. The summed E-state index contributed by atoms with van der Waals surface area (Å²) in [6, 6.07) is 10.9. The van der Waals surface area contributed by atoms with E-state index in [0.717, 1.165) is 24.4 Å². The van der Waals surface area contributed by atoms with E-state index >= 15 is 0 Å². The Morgan fingerprint density at radius 2 is 2.12 bits per heavy atom. The number of hydrogen-bond acceptors (Lipinski definition) is 1. The van der Waals surface area contributed by atoms with Crippen LogP contribution in [0.3, 0.4) is 0 Å². The zero-order chi connectivity index (χ0) is 12.1. The van der Waals surface area contributed by atoms with Crippen molar-refractivity contribution in [1.82, 2.24) is 4.90 Å². The summed E-state index contributed by atoms with van der Waals surface area (Å²) >= 11 is 5.42. The fraction of sp³-hybridized carbons (Fsp3) is 0.267. The minimum absolute atomic E-state index is 0.463. The van der Waals surface area contributed by atoms with Crippen LogP contribution in [0, 0.1) is 0 Å². The molecule has 2 rings (SSSR count). The molecule has 0 bridgehead atoms. The van der Waals surface area contributed by atoms with Gasteiger partial charge in [-0.3, -0.25) is 0 Å². The van der Waals surface area contributed by atoms with Crippen molar-refractivity contribution < 1.29 is 0 Å². The fourth-order valence-electron chi connectivity index (χ4n) is 2.13. The Balaban J connectivity index is 2.13. The lowest BCUT2D eigenvalue weighted by molar-refractivity contribution is 0.306. The molecule has 1 heterocycles. The molecule has 2 heteroatoms. The molecule has 1 aromatic carbocycles. The summed E-state index contributed by atoms with van der Waals surface area (Å²) in [4.78, 5) is 3.23. The molecule has 88 valence electrons. The van der Waals surface area contributed by atoms with Crippen molar-refractivity contribution in [2.75, 3.05) is 0 Å². The predicted molar refractivity (Wildman–Crippen MR) is 76.9 cm³/mol. The third-order valence-electron chi connectivity index (χ3n) is 3.03. The van der Waals surface area contributed by atoms with Crippen LogP contribution in [-0.4, -0.2) is 15.9 Å². The molecule has 1 nitrogen and oxygen atoms in total. The number of hydrogen-bond donors (Lipinski definition) is 0. The SMILES string of the molecule is C=CCC1CC=CC(=S)N1Cc1ccccc1. The molecular weight excluding hydrogens is 226 g/mol. The average molecular weight is 243 g/mol. The molecule has 0 amide bonds. The van der Waals surface area contributed by atoms with Crippen molar-refractivity contribution in [2.24, 2.45) is 0 Å². The highest BCUT2D eigenvalue weighted by Crippen LogP contribution is 2.20. The van der Waals surface area contributed by atoms with Crippen LogP contribution >= 0.6 is 12.2 Å². The van der Waals surface area contributed by atoms with E-state index in [1.807, 2.05) is 18.2 Å². The molecule has 0 saturated heterocycles. The van der Waals surface area contributed by atoms with Crippen LogP contribution in [0.1, 0.15) is 18.4 Å². The Bertz CT molecular complexity index is 422. The second-order valence-electron chi connectivity index (χ2n) is 4.27. The van der Waals surface area contributed by atoms with Gasteiger partial charge in [-0.2, -0.15) is 0 Å². The number of thiocarbonyl (C=S) groups is 1. The van der Waals surface area contributed by atoms with Crippen molar-refractivity contribution in [1.29, 1.82) is 0 Å². The lowest BCUT2D eigenvalue weighted by Gasteiger charge is -2.34. The van der Waals surface area contributed by atoms with Gasteiger partial charge in [0, 0.05) is 12.6 Å². The molecule has 1 aliphatic heterocycles. The van der Waals surface area contributed by atoms with E-state index in [-0.39, 0.29) is 0 Å². The molecule has 0 N–H and O–H groups in total. The summed E-state index contributed by atoms with van der Waals surface area (Å²) < 4.78 is 0. The van der Waals surface area contributed by atoms with Gasteiger partial charge in [0.1, 0.15) is 4.99 Å². The summed E-state index contributed by atoms with van der Waals surface area (Å²) in [5.41, 5.74) is 1.30. The summed E-state index contributed by atoms with van der Waals surface area (Å²) in [6.07, 6.45) is 8.22. The van der Waals surface area contributed by atoms with E-state index in [1.165, 1.54) is 5.56 Å². The first kappa shape index (κ1) is 12.1. The molecule has 1 atom stereocenters. The van der Waals surface area contributed by atoms with Gasteiger partial charge in [-0.1, -0.05) is 54.7 Å². The van der Waals surface area contributed by atoms with E-state index < -0.39 is 0 Å². The van der Waals surface area contributed by atoms with Gasteiger partial charge >= 0.3 is 0 Å². The minimum atomic E-state index is 0.463. The Labute approximate surface area is 108 Å². The fourth-order valence-corrected chi connectivity index (χ4v) is 2.44. The van der Waals surface area contributed by atoms with Crippen LogP contribution in [0.15, 0.2) is 55.1 Å². The maximum atomic E-state index is 5.42. The first-order valence-corrected chi connectivity index (χ1v) is 6.34. The predicted octanol–water partition coefficient (Wildman–Crippen LogP) is 3.72. The van der Waals surface area contributed by atoms with Crippen molar-refractivity contribution in [3.8, 4) is 0 Å². The topological polar surface area (TPSA) is 3.24 Å². The van der Waals surface area contributed by atoms with Gasteiger partial charge in [-0.25, -0.2) is 0 Å². The molecule has 1 aliphatic rings. The summed E-state index contributed by atoms with van der Waals surface area (Å²) in [5.74, 6) is 0. The van der Waals surface area contributed by atoms with Crippen LogP contribution in [-0.2, 0) is 6.54 Å². The second-order valence-corrected chi connectivity index (χ2v) is 4.69. The minimum Gasteiger partial charge on any atom is -0.355 e. The van der Waals surface area contributed by atoms with Crippen molar-refractivity contribution in [3.05, 3.63) is 60.7 Å². The Morgan fingerprint density at radius 1 is 1.35 bits per heavy atom. The van der Waals surface area contributed by atoms with Gasteiger partial charge in [-0.15, -0.1) is 6.58 Å². The number of nitrogens with zero attached hydrogens (tertiary/aromatic N) is 1. The second kappa shape index (κ2) is 5.78. The van der Waals surface area contributed by atoms with Crippen molar-refractivity contribution in [3.63, 3.8) is 0 Å². The first-order chi connectivity index (χ1) is 8.31. The highest BCUT2D eigenvalue weighted by Gasteiger charge is 2.20. The molecule has 0 fully saturated rings. The third kappa shape index (κ3) is 3.04. The number of benzene rings is 1. The Kier molecular flexibility index (Phi) is 4.10. The smallest absolute Gasteiger partial charge is 0.102 e. The first-order valence-electron chi connectivity index (χ1n) is 5.93. The van der Waals surface area contributed by atoms with Gasteiger partial charge in [-0.05, 0) is 24.5 Å². The summed E-state index contributed by atoms with van der Waals surface area (Å²) in [7, 11) is 0. The molecule has 1 unspecified atom stereocenters. The Hall–Kier alpha value is -1.41. The van der Waals surface area contributed by atoms with Gasteiger partial charge in [0.15, 0.2) is 0 Å². The molecule has 1 aromatic rings. The zero-order valence-corrected chi connectivity index (χ0v) is 10.7. The Morgan fingerprint density at radius 3 is 2.82 bits per heavy atom. The van der Waals surface area contributed by atoms with Gasteiger partial charge in [0.25, 0.3) is 0 Å². The van der Waals surface area contributed by atoms with E-state index in [0.29, 0.717) is 6.04 Å². The van der Waals surface area contributed by atoms with Crippen LogP contribution in [0.5, 0.6) is 0 Å². The highest BCUT2D eigenvalue weighted by molar-refractivity contribution is 7.80. The van der Waals surface area contributed by atoms with Gasteiger partial charge in [0.2, 0.25) is 0 Å². The maximum Gasteiger partial charge on any atom is 0.102 e. The van der Waals surface area contributed by atoms with E-state index in [4.69, 9.17) is 12.2 Å². The van der Waals surface area contributed by atoms with Crippen molar-refractivity contribution >= 4 is 17.2 Å². The molecule has 0 aliphatic carbocycles. The van der Waals surface area contributed by atoms with Crippen LogP contribution in [0.25, 0.3) is 0 Å². The zero-order valence-electron chi connectivity index (χ0n) is 9.88. The third-order valence-corrected chi connectivity index (χ3v) is 3.40. The van der Waals surface area contributed by atoms with Gasteiger partial charge in [0.05, 0.1) is 0 Å². The average Bonchev–Trinajstić information content (AvgIpc) is 2.35. The van der Waals surface area contributed by atoms with Crippen LogP contribution < -0.4 is 0 Å². The quantitative estimate of drug-likeness (QED) is 0.585. The van der Waals surface area contributed by atoms with Crippen molar-refractivity contribution in [2.45, 2.75) is 25.4 Å². The monoisotopic (exact) mass is 243 g/mol. The standard InChI is InChI=1S/C15H17NS/c1-2-7-14-10-6-11-15(17)16(14)12-13-8-4-3-5-9-13/h2-6,8-9,11,14H,1,7,10,12H2. The molecule has 0 saturated carbocycles. The van der Waals surface area contributed by atoms with E-state index in [2.05, 4.69) is 41.8 Å². The lowest BCUT2D eigenvalue weighted by atomic mass is 10.0. The van der Waals surface area contributed by atoms with Crippen LogP contribution in [0.4, 0.5) is 0 Å². The van der Waals surface area contributed by atoms with Gasteiger partial charge < -0.3 is 4.90 Å². The van der Waals surface area contributed by atoms with E-state index in [9.17, 15) is 0 Å². The largest absolute Gasteiger partial charge is 0.355 e.